The fraction of sp³-hybridized carbons (Fsp3) is 0.0909. The molecular weight excluding hydrogens is 300 g/mol. The SMILES string of the molecule is O=C(O)c1csc(Nc2ccc(F)c(C(F)(F)F)c2)n1. The number of aromatic carboxylic acids is 1. The lowest BCUT2D eigenvalue weighted by Crippen LogP contribution is -2.08. The average Bonchev–Trinajstić information content (AvgIpc) is 2.79. The second-order valence-electron chi connectivity index (χ2n) is 3.66. The Balaban J connectivity index is 2.27. The van der Waals surface area contributed by atoms with Gasteiger partial charge in [-0.2, -0.15) is 13.2 Å². The third-order valence-electron chi connectivity index (χ3n) is 2.25. The smallest absolute Gasteiger partial charge is 0.419 e. The van der Waals surface area contributed by atoms with E-state index < -0.39 is 23.5 Å². The van der Waals surface area contributed by atoms with Gasteiger partial charge in [-0.3, -0.25) is 0 Å². The van der Waals surface area contributed by atoms with E-state index >= 15 is 0 Å². The summed E-state index contributed by atoms with van der Waals surface area (Å²) < 4.78 is 50.6. The summed E-state index contributed by atoms with van der Waals surface area (Å²) >= 11 is 0.912. The highest BCUT2D eigenvalue weighted by molar-refractivity contribution is 7.14. The summed E-state index contributed by atoms with van der Waals surface area (Å²) in [6.45, 7) is 0. The number of carboxylic acids is 1. The second-order valence-corrected chi connectivity index (χ2v) is 4.52. The van der Waals surface area contributed by atoms with Crippen molar-refractivity contribution >= 4 is 28.1 Å². The molecule has 0 radical (unpaired) electrons. The van der Waals surface area contributed by atoms with Gasteiger partial charge < -0.3 is 10.4 Å². The maximum Gasteiger partial charge on any atom is 0.419 e. The summed E-state index contributed by atoms with van der Waals surface area (Å²) in [5.41, 5.74) is -1.67. The number of carbonyl (C=O) groups is 1. The first-order valence-electron chi connectivity index (χ1n) is 5.10. The molecular formula is C11H6F4N2O2S. The number of alkyl halides is 3. The van der Waals surface area contributed by atoms with Crippen LogP contribution in [0, 0.1) is 5.82 Å². The molecule has 0 atom stereocenters. The van der Waals surface area contributed by atoms with Crippen LogP contribution in [0.25, 0.3) is 0 Å². The zero-order chi connectivity index (χ0) is 14.9. The molecule has 0 spiro atoms. The van der Waals surface area contributed by atoms with E-state index in [1.165, 1.54) is 5.38 Å². The fourth-order valence-electron chi connectivity index (χ4n) is 1.37. The highest BCUT2D eigenvalue weighted by Gasteiger charge is 2.34. The maximum atomic E-state index is 13.1. The molecule has 9 heteroatoms. The molecule has 1 heterocycles. The Bertz CT molecular complexity index is 654. The van der Waals surface area contributed by atoms with Gasteiger partial charge in [0.25, 0.3) is 0 Å². The number of nitrogens with zero attached hydrogens (tertiary/aromatic N) is 1. The molecule has 0 unspecified atom stereocenters. The largest absolute Gasteiger partial charge is 0.476 e. The van der Waals surface area contributed by atoms with Gasteiger partial charge in [-0.05, 0) is 18.2 Å². The third-order valence-corrected chi connectivity index (χ3v) is 3.00. The van der Waals surface area contributed by atoms with Gasteiger partial charge in [-0.1, -0.05) is 0 Å². The quantitative estimate of drug-likeness (QED) is 0.848. The Labute approximate surface area is 113 Å². The molecule has 2 aromatic rings. The molecule has 2 N–H and O–H groups in total. The molecule has 2 rings (SSSR count). The molecule has 0 bridgehead atoms. The highest BCUT2D eigenvalue weighted by Crippen LogP contribution is 2.33. The van der Waals surface area contributed by atoms with E-state index in [1.807, 2.05) is 0 Å². The summed E-state index contributed by atoms with van der Waals surface area (Å²) in [6, 6.07) is 2.38. The van der Waals surface area contributed by atoms with Gasteiger partial charge in [0.1, 0.15) is 5.82 Å². The Morgan fingerprint density at radius 3 is 2.60 bits per heavy atom. The first-order valence-corrected chi connectivity index (χ1v) is 5.98. The van der Waals surface area contributed by atoms with Crippen molar-refractivity contribution in [3.8, 4) is 0 Å². The molecule has 0 amide bonds. The van der Waals surface area contributed by atoms with E-state index in [2.05, 4.69) is 10.3 Å². The van der Waals surface area contributed by atoms with Crippen LogP contribution in [0.4, 0.5) is 28.4 Å². The number of hydrogen-bond acceptors (Lipinski definition) is 4. The molecule has 0 aliphatic rings. The van der Waals surface area contributed by atoms with Crippen molar-refractivity contribution in [1.29, 1.82) is 0 Å². The number of halogens is 4. The number of thiazole rings is 1. The van der Waals surface area contributed by atoms with Crippen LogP contribution in [0.5, 0.6) is 0 Å². The summed E-state index contributed by atoms with van der Waals surface area (Å²) in [5, 5.41) is 12.5. The van der Waals surface area contributed by atoms with Crippen LogP contribution in [0.2, 0.25) is 0 Å². The molecule has 20 heavy (non-hydrogen) atoms. The maximum absolute atomic E-state index is 13.1. The van der Waals surface area contributed by atoms with Gasteiger partial charge in [0.15, 0.2) is 10.8 Å². The van der Waals surface area contributed by atoms with E-state index in [1.54, 1.807) is 0 Å². The summed E-state index contributed by atoms with van der Waals surface area (Å²) in [5.74, 6) is -2.63. The summed E-state index contributed by atoms with van der Waals surface area (Å²) in [6.07, 6.45) is -4.81. The molecule has 0 aliphatic heterocycles. The van der Waals surface area contributed by atoms with Gasteiger partial charge in [-0.25, -0.2) is 14.2 Å². The monoisotopic (exact) mass is 306 g/mol. The zero-order valence-corrected chi connectivity index (χ0v) is 10.3. The number of benzene rings is 1. The lowest BCUT2D eigenvalue weighted by Gasteiger charge is -2.10. The first-order chi connectivity index (χ1) is 9.27. The van der Waals surface area contributed by atoms with Crippen LogP contribution < -0.4 is 5.32 Å². The normalized spacial score (nSPS) is 11.4. The van der Waals surface area contributed by atoms with Crippen molar-refractivity contribution in [2.45, 2.75) is 6.18 Å². The number of carboxylic acid groups (broad SMARTS) is 1. The van der Waals surface area contributed by atoms with Crippen molar-refractivity contribution in [2.75, 3.05) is 5.32 Å². The Kier molecular flexibility index (Phi) is 3.62. The number of aromatic nitrogens is 1. The van der Waals surface area contributed by atoms with Crippen molar-refractivity contribution in [3.05, 3.63) is 40.7 Å². The molecule has 0 saturated carbocycles. The summed E-state index contributed by atoms with van der Waals surface area (Å²) in [4.78, 5) is 14.3. The van der Waals surface area contributed by atoms with Crippen molar-refractivity contribution < 1.29 is 27.5 Å². The predicted molar refractivity (Wildman–Crippen MR) is 63.8 cm³/mol. The van der Waals surface area contributed by atoms with Gasteiger partial charge in [-0.15, -0.1) is 11.3 Å². The second kappa shape index (κ2) is 5.08. The van der Waals surface area contributed by atoms with E-state index in [9.17, 15) is 22.4 Å². The van der Waals surface area contributed by atoms with Gasteiger partial charge in [0, 0.05) is 11.1 Å². The van der Waals surface area contributed by atoms with Crippen molar-refractivity contribution in [3.63, 3.8) is 0 Å². The van der Waals surface area contributed by atoms with Crippen LogP contribution in [0.1, 0.15) is 16.1 Å². The van der Waals surface area contributed by atoms with Gasteiger partial charge in [0.2, 0.25) is 0 Å². The average molecular weight is 306 g/mol. The zero-order valence-electron chi connectivity index (χ0n) is 9.53. The molecule has 1 aromatic heterocycles. The van der Waals surface area contributed by atoms with Crippen molar-refractivity contribution in [1.82, 2.24) is 4.98 Å². The molecule has 0 saturated heterocycles. The number of nitrogens with one attached hydrogen (secondary N) is 1. The van der Waals surface area contributed by atoms with Gasteiger partial charge in [0.05, 0.1) is 5.56 Å². The molecule has 0 fully saturated rings. The number of rotatable bonds is 3. The van der Waals surface area contributed by atoms with E-state index in [-0.39, 0.29) is 16.5 Å². The van der Waals surface area contributed by atoms with Crippen LogP contribution in [-0.4, -0.2) is 16.1 Å². The van der Waals surface area contributed by atoms with Crippen LogP contribution in [0.15, 0.2) is 23.6 Å². The Morgan fingerprint density at radius 2 is 2.05 bits per heavy atom. The number of hydrogen-bond donors (Lipinski definition) is 2. The molecule has 4 nitrogen and oxygen atoms in total. The minimum atomic E-state index is -4.81. The first kappa shape index (κ1) is 14.3. The lowest BCUT2D eigenvalue weighted by atomic mass is 10.2. The lowest BCUT2D eigenvalue weighted by molar-refractivity contribution is -0.139. The van der Waals surface area contributed by atoms with E-state index in [0.29, 0.717) is 12.1 Å². The van der Waals surface area contributed by atoms with Gasteiger partial charge >= 0.3 is 12.1 Å². The minimum absolute atomic E-state index is 0.0370. The van der Waals surface area contributed by atoms with E-state index in [0.717, 1.165) is 17.4 Å². The summed E-state index contributed by atoms with van der Waals surface area (Å²) in [7, 11) is 0. The molecule has 0 aliphatic carbocycles. The molecule has 106 valence electrons. The number of anilines is 2. The van der Waals surface area contributed by atoms with Crippen LogP contribution >= 0.6 is 11.3 Å². The van der Waals surface area contributed by atoms with Crippen LogP contribution in [-0.2, 0) is 6.18 Å². The standard InChI is InChI=1S/C11H6F4N2O2S/c12-7-2-1-5(3-6(7)11(13,14)15)16-10-17-8(4-20-10)9(18)19/h1-4H,(H,16,17)(H,18,19). The highest BCUT2D eigenvalue weighted by atomic mass is 32.1. The van der Waals surface area contributed by atoms with Crippen molar-refractivity contribution in [2.24, 2.45) is 0 Å². The fourth-order valence-corrected chi connectivity index (χ4v) is 2.08. The van der Waals surface area contributed by atoms with Crippen LogP contribution in [0.3, 0.4) is 0 Å². The predicted octanol–water partition coefficient (Wildman–Crippen LogP) is 3.74. The molecule has 1 aromatic carbocycles. The Morgan fingerprint density at radius 1 is 1.35 bits per heavy atom. The Hall–Kier alpha value is -2.16. The third kappa shape index (κ3) is 3.05. The topological polar surface area (TPSA) is 62.2 Å². The van der Waals surface area contributed by atoms with E-state index in [4.69, 9.17) is 5.11 Å². The minimum Gasteiger partial charge on any atom is -0.476 e.